The summed E-state index contributed by atoms with van der Waals surface area (Å²) in [5, 5.41) is 16.3. The fraction of sp³-hybridized carbons (Fsp3) is 0.688. The van der Waals surface area contributed by atoms with E-state index in [1.807, 2.05) is 0 Å². The van der Waals surface area contributed by atoms with E-state index in [0.717, 1.165) is 11.8 Å². The Morgan fingerprint density at radius 3 is 2.32 bits per heavy atom. The molecule has 0 aliphatic heterocycles. The largest absolute Gasteiger partial charge is 0.477 e. The van der Waals surface area contributed by atoms with Crippen LogP contribution in [-0.4, -0.2) is 32.8 Å². The number of hydrogen-bond acceptors (Lipinski definition) is 3. The van der Waals surface area contributed by atoms with E-state index in [4.69, 9.17) is 0 Å². The van der Waals surface area contributed by atoms with Crippen LogP contribution in [-0.2, 0) is 7.05 Å². The third-order valence-corrected chi connectivity index (χ3v) is 5.91. The van der Waals surface area contributed by atoms with Crippen molar-refractivity contribution in [3.63, 3.8) is 0 Å². The lowest BCUT2D eigenvalue weighted by Gasteiger charge is -2.54. The minimum Gasteiger partial charge on any atom is -0.477 e. The normalized spacial score (nSPS) is 35.6. The number of nitrogens with zero attached hydrogens (tertiary/aromatic N) is 2. The van der Waals surface area contributed by atoms with Gasteiger partial charge in [0.05, 0.1) is 11.8 Å². The van der Waals surface area contributed by atoms with Crippen molar-refractivity contribution in [2.45, 2.75) is 38.1 Å². The van der Waals surface area contributed by atoms with Gasteiger partial charge in [-0.15, -0.1) is 0 Å². The molecule has 22 heavy (non-hydrogen) atoms. The van der Waals surface area contributed by atoms with Crippen molar-refractivity contribution in [2.24, 2.45) is 30.7 Å². The number of aromatic carboxylic acids is 1. The van der Waals surface area contributed by atoms with Crippen LogP contribution in [0.1, 0.15) is 53.0 Å². The molecule has 0 unspecified atom stereocenters. The lowest BCUT2D eigenvalue weighted by atomic mass is 9.54. The van der Waals surface area contributed by atoms with Gasteiger partial charge in [0.25, 0.3) is 5.91 Å². The number of aromatic nitrogens is 2. The van der Waals surface area contributed by atoms with Crippen molar-refractivity contribution >= 4 is 11.9 Å². The first-order chi connectivity index (χ1) is 10.5. The van der Waals surface area contributed by atoms with Gasteiger partial charge in [-0.2, -0.15) is 5.10 Å². The van der Waals surface area contributed by atoms with Crippen LogP contribution in [0.2, 0.25) is 0 Å². The highest BCUT2D eigenvalue weighted by atomic mass is 16.4. The van der Waals surface area contributed by atoms with Gasteiger partial charge in [-0.05, 0) is 55.8 Å². The van der Waals surface area contributed by atoms with Gasteiger partial charge in [0.15, 0.2) is 5.69 Å². The maximum atomic E-state index is 12.5. The highest BCUT2D eigenvalue weighted by Crippen LogP contribution is 2.53. The molecule has 0 radical (unpaired) electrons. The zero-order chi connectivity index (χ0) is 15.4. The first kappa shape index (κ1) is 13.8. The van der Waals surface area contributed by atoms with E-state index in [-0.39, 0.29) is 23.2 Å². The average molecular weight is 303 g/mol. The first-order valence-electron chi connectivity index (χ1n) is 8.09. The summed E-state index contributed by atoms with van der Waals surface area (Å²) in [7, 11) is 1.54. The summed E-state index contributed by atoms with van der Waals surface area (Å²) in [6.07, 6.45) is 7.61. The average Bonchev–Trinajstić information content (AvgIpc) is 2.84. The summed E-state index contributed by atoms with van der Waals surface area (Å²) in [5.41, 5.74) is 0.130. The number of carboxylic acid groups (broad SMARTS) is 1. The quantitative estimate of drug-likeness (QED) is 0.889. The number of aryl methyl sites for hydroxylation is 1. The maximum absolute atomic E-state index is 12.5. The number of nitrogens with one attached hydrogen (secondary N) is 1. The molecule has 1 aromatic rings. The van der Waals surface area contributed by atoms with E-state index in [9.17, 15) is 14.7 Å². The minimum absolute atomic E-state index is 0.0404. The van der Waals surface area contributed by atoms with Crippen LogP contribution in [0.3, 0.4) is 0 Å². The molecule has 1 heterocycles. The second-order valence-corrected chi connectivity index (χ2v) is 7.27. The molecule has 1 aromatic heterocycles. The molecule has 6 nitrogen and oxygen atoms in total. The molecule has 0 aromatic carbocycles. The van der Waals surface area contributed by atoms with E-state index in [1.165, 1.54) is 43.0 Å². The van der Waals surface area contributed by atoms with Crippen molar-refractivity contribution in [1.29, 1.82) is 0 Å². The summed E-state index contributed by atoms with van der Waals surface area (Å²) in [5.74, 6) is 1.45. The number of carbonyl (C=O) groups excluding carboxylic acids is 1. The zero-order valence-electron chi connectivity index (χ0n) is 12.7. The zero-order valence-corrected chi connectivity index (χ0v) is 12.7. The summed E-state index contributed by atoms with van der Waals surface area (Å²) in [4.78, 5) is 23.9. The lowest BCUT2D eigenvalue weighted by molar-refractivity contribution is -0.0119. The highest BCUT2D eigenvalue weighted by molar-refractivity contribution is 6.03. The molecule has 1 amide bonds. The highest BCUT2D eigenvalue weighted by Gasteiger charge is 2.48. The molecule has 4 saturated carbocycles. The van der Waals surface area contributed by atoms with E-state index < -0.39 is 5.97 Å². The van der Waals surface area contributed by atoms with Gasteiger partial charge in [-0.25, -0.2) is 4.79 Å². The van der Waals surface area contributed by atoms with E-state index in [2.05, 4.69) is 10.4 Å². The van der Waals surface area contributed by atoms with Gasteiger partial charge in [0, 0.05) is 13.1 Å². The van der Waals surface area contributed by atoms with Crippen LogP contribution in [0.5, 0.6) is 0 Å². The molecule has 0 spiro atoms. The van der Waals surface area contributed by atoms with Crippen LogP contribution < -0.4 is 5.32 Å². The van der Waals surface area contributed by atoms with Gasteiger partial charge < -0.3 is 10.4 Å². The van der Waals surface area contributed by atoms with Crippen LogP contribution in [0, 0.1) is 23.7 Å². The first-order valence-corrected chi connectivity index (χ1v) is 8.09. The summed E-state index contributed by atoms with van der Waals surface area (Å²) in [6.45, 7) is 0. The van der Waals surface area contributed by atoms with Gasteiger partial charge in [-0.1, -0.05) is 0 Å². The third-order valence-electron chi connectivity index (χ3n) is 5.91. The molecule has 2 N–H and O–H groups in total. The van der Waals surface area contributed by atoms with Crippen LogP contribution >= 0.6 is 0 Å². The predicted octanol–water partition coefficient (Wildman–Crippen LogP) is 1.67. The number of carboxylic acids is 1. The van der Waals surface area contributed by atoms with Crippen molar-refractivity contribution in [3.8, 4) is 0 Å². The topological polar surface area (TPSA) is 84.2 Å². The fourth-order valence-electron chi connectivity index (χ4n) is 5.25. The van der Waals surface area contributed by atoms with Crippen LogP contribution in [0.25, 0.3) is 0 Å². The maximum Gasteiger partial charge on any atom is 0.354 e. The Morgan fingerprint density at radius 2 is 1.77 bits per heavy atom. The van der Waals surface area contributed by atoms with E-state index in [0.29, 0.717) is 11.8 Å². The molecule has 4 fully saturated rings. The van der Waals surface area contributed by atoms with Crippen LogP contribution in [0.15, 0.2) is 6.20 Å². The number of amides is 1. The molecule has 4 bridgehead atoms. The fourth-order valence-corrected chi connectivity index (χ4v) is 5.25. The van der Waals surface area contributed by atoms with E-state index in [1.54, 1.807) is 7.05 Å². The van der Waals surface area contributed by atoms with Gasteiger partial charge in [-0.3, -0.25) is 9.48 Å². The van der Waals surface area contributed by atoms with Gasteiger partial charge >= 0.3 is 5.97 Å². The molecule has 4 aliphatic carbocycles. The second kappa shape index (κ2) is 4.83. The summed E-state index contributed by atoms with van der Waals surface area (Å²) >= 11 is 0. The molecule has 6 heteroatoms. The molecule has 0 atom stereocenters. The Balaban J connectivity index is 1.54. The van der Waals surface area contributed by atoms with E-state index >= 15 is 0 Å². The Labute approximate surface area is 128 Å². The Hall–Kier alpha value is -1.85. The predicted molar refractivity (Wildman–Crippen MR) is 78.5 cm³/mol. The standard InChI is InChI=1S/C16H21N3O3/c1-19-14(16(21)22)12(7-17-19)15(20)18-13-10-3-8-2-9(5-10)6-11(13)4-8/h7-11,13H,2-6H2,1H3,(H,18,20)(H,21,22). The smallest absolute Gasteiger partial charge is 0.354 e. The van der Waals surface area contributed by atoms with Gasteiger partial charge in [0.1, 0.15) is 0 Å². The lowest BCUT2D eigenvalue weighted by Crippen LogP contribution is -2.55. The SMILES string of the molecule is Cn1ncc(C(=O)NC2C3CC4CC(C3)CC2C4)c1C(=O)O. The minimum atomic E-state index is -1.12. The molecule has 118 valence electrons. The van der Waals surface area contributed by atoms with Gasteiger partial charge in [0.2, 0.25) is 0 Å². The van der Waals surface area contributed by atoms with Crippen molar-refractivity contribution < 1.29 is 14.7 Å². The Morgan fingerprint density at radius 1 is 1.18 bits per heavy atom. The Bertz CT molecular complexity index is 609. The van der Waals surface area contributed by atoms with Crippen molar-refractivity contribution in [3.05, 3.63) is 17.5 Å². The van der Waals surface area contributed by atoms with Crippen LogP contribution in [0.4, 0.5) is 0 Å². The molecule has 0 saturated heterocycles. The number of rotatable bonds is 3. The molecular weight excluding hydrogens is 282 g/mol. The van der Waals surface area contributed by atoms with Crippen molar-refractivity contribution in [2.75, 3.05) is 0 Å². The summed E-state index contributed by atoms with van der Waals surface area (Å²) < 4.78 is 1.24. The number of hydrogen-bond donors (Lipinski definition) is 2. The Kier molecular flexibility index (Phi) is 3.03. The number of carbonyl (C=O) groups is 2. The monoisotopic (exact) mass is 303 g/mol. The third kappa shape index (κ3) is 2.04. The second-order valence-electron chi connectivity index (χ2n) is 7.27. The molecular formula is C16H21N3O3. The molecule has 4 aliphatic rings. The summed E-state index contributed by atoms with van der Waals surface area (Å²) in [6, 6.07) is 0.210. The molecule has 5 rings (SSSR count). The van der Waals surface area contributed by atoms with Crippen molar-refractivity contribution in [1.82, 2.24) is 15.1 Å².